The second kappa shape index (κ2) is 5.26. The van der Waals surface area contributed by atoms with Crippen LogP contribution in [0.4, 0.5) is 11.5 Å². The van der Waals surface area contributed by atoms with Crippen molar-refractivity contribution in [3.05, 3.63) is 47.7 Å². The summed E-state index contributed by atoms with van der Waals surface area (Å²) in [4.78, 5) is 21.3. The minimum Gasteiger partial charge on any atom is -0.478 e. The molecule has 0 radical (unpaired) electrons. The average molecular weight is 257 g/mol. The van der Waals surface area contributed by atoms with E-state index in [-0.39, 0.29) is 5.56 Å². The van der Waals surface area contributed by atoms with Gasteiger partial charge in [-0.25, -0.2) is 4.79 Å². The maximum Gasteiger partial charge on any atom is 0.335 e. The van der Waals surface area contributed by atoms with Crippen molar-refractivity contribution in [2.24, 2.45) is 17.3 Å². The second-order valence-corrected chi connectivity index (χ2v) is 3.85. The van der Waals surface area contributed by atoms with Crippen LogP contribution < -0.4 is 0 Å². The molecule has 0 atom stereocenters. The zero-order valence-electron chi connectivity index (χ0n) is 10.1. The van der Waals surface area contributed by atoms with Crippen LogP contribution in [0.5, 0.6) is 0 Å². The number of aromatic nitrogens is 1. The molecule has 0 bridgehead atoms. The van der Waals surface area contributed by atoms with E-state index in [1.807, 2.05) is 0 Å². The van der Waals surface area contributed by atoms with Crippen molar-refractivity contribution < 1.29 is 14.7 Å². The average Bonchev–Trinajstić information content (AvgIpc) is 2.77. The van der Waals surface area contributed by atoms with Crippen molar-refractivity contribution in [1.29, 1.82) is 0 Å². The van der Waals surface area contributed by atoms with Crippen molar-refractivity contribution in [1.82, 2.24) is 4.57 Å². The van der Waals surface area contributed by atoms with Crippen LogP contribution in [0.15, 0.2) is 46.6 Å². The van der Waals surface area contributed by atoms with Gasteiger partial charge in [-0.05, 0) is 36.4 Å². The molecule has 1 aromatic heterocycles. The van der Waals surface area contributed by atoms with Crippen LogP contribution in [-0.2, 0) is 7.05 Å². The van der Waals surface area contributed by atoms with E-state index < -0.39 is 5.97 Å². The summed E-state index contributed by atoms with van der Waals surface area (Å²) in [5, 5.41) is 16.7. The molecule has 96 valence electrons. The molecular weight excluding hydrogens is 246 g/mol. The predicted molar refractivity (Wildman–Crippen MR) is 68.4 cm³/mol. The van der Waals surface area contributed by atoms with Gasteiger partial charge in [-0.2, -0.15) is 0 Å². The molecule has 1 heterocycles. The lowest BCUT2D eigenvalue weighted by molar-refractivity contribution is 0.0696. The Morgan fingerprint density at radius 3 is 2.37 bits per heavy atom. The number of aromatic carboxylic acids is 1. The maximum atomic E-state index is 10.7. The minimum atomic E-state index is -0.985. The number of hydrogen-bond donors (Lipinski definition) is 1. The van der Waals surface area contributed by atoms with Gasteiger partial charge in [-0.15, -0.1) is 10.2 Å². The molecule has 0 unspecified atom stereocenters. The highest BCUT2D eigenvalue weighted by atomic mass is 16.4. The Hall–Kier alpha value is -2.76. The molecule has 2 aromatic rings. The van der Waals surface area contributed by atoms with Crippen molar-refractivity contribution >= 4 is 23.8 Å². The first-order valence-electron chi connectivity index (χ1n) is 5.48. The Bertz CT molecular complexity index is 642. The molecule has 6 nitrogen and oxygen atoms in total. The number of aldehydes is 1. The minimum absolute atomic E-state index is 0.195. The largest absolute Gasteiger partial charge is 0.478 e. The summed E-state index contributed by atoms with van der Waals surface area (Å²) in [7, 11) is 1.71. The number of carbonyl (C=O) groups is 2. The van der Waals surface area contributed by atoms with Gasteiger partial charge in [0.15, 0.2) is 12.1 Å². The fourth-order valence-electron chi connectivity index (χ4n) is 1.51. The zero-order valence-corrected chi connectivity index (χ0v) is 10.1. The van der Waals surface area contributed by atoms with E-state index in [0.29, 0.717) is 17.2 Å². The summed E-state index contributed by atoms with van der Waals surface area (Å²) in [5.41, 5.74) is 1.25. The highest BCUT2D eigenvalue weighted by Crippen LogP contribution is 2.20. The van der Waals surface area contributed by atoms with Gasteiger partial charge in [0.05, 0.1) is 16.9 Å². The standard InChI is InChI=1S/C13H11N3O3/c1-16-11(8-17)6-7-12(16)15-14-10-4-2-9(3-5-10)13(18)19/h2-8H,1H3,(H,18,19). The van der Waals surface area contributed by atoms with Gasteiger partial charge in [-0.3, -0.25) is 4.79 Å². The molecule has 0 aliphatic rings. The number of nitrogens with zero attached hydrogens (tertiary/aromatic N) is 3. The van der Waals surface area contributed by atoms with E-state index in [0.717, 1.165) is 6.29 Å². The number of carboxylic acid groups (broad SMARTS) is 1. The normalized spacial score (nSPS) is 10.8. The van der Waals surface area contributed by atoms with Gasteiger partial charge in [0.25, 0.3) is 0 Å². The quantitative estimate of drug-likeness (QED) is 0.675. The van der Waals surface area contributed by atoms with Crippen molar-refractivity contribution in [2.75, 3.05) is 0 Å². The van der Waals surface area contributed by atoms with E-state index in [2.05, 4.69) is 10.2 Å². The first-order valence-corrected chi connectivity index (χ1v) is 5.48. The molecule has 0 fully saturated rings. The molecule has 1 aromatic carbocycles. The predicted octanol–water partition coefficient (Wildman–Crippen LogP) is 2.95. The summed E-state index contributed by atoms with van der Waals surface area (Å²) in [6.45, 7) is 0. The third kappa shape index (κ3) is 2.74. The third-order valence-electron chi connectivity index (χ3n) is 2.64. The number of rotatable bonds is 4. The van der Waals surface area contributed by atoms with Crippen molar-refractivity contribution in [2.45, 2.75) is 0 Å². The van der Waals surface area contributed by atoms with Gasteiger partial charge in [0.1, 0.15) is 0 Å². The molecule has 0 saturated heterocycles. The van der Waals surface area contributed by atoms with Crippen LogP contribution in [0.3, 0.4) is 0 Å². The topological polar surface area (TPSA) is 84.0 Å². The molecule has 1 N–H and O–H groups in total. The first kappa shape index (κ1) is 12.7. The van der Waals surface area contributed by atoms with Gasteiger partial charge in [0, 0.05) is 7.05 Å². The van der Waals surface area contributed by atoms with E-state index in [1.54, 1.807) is 35.9 Å². The molecule has 0 aliphatic carbocycles. The van der Waals surface area contributed by atoms with E-state index in [9.17, 15) is 9.59 Å². The molecule has 0 saturated carbocycles. The Kier molecular flexibility index (Phi) is 3.51. The Labute approximate surface area is 109 Å². The van der Waals surface area contributed by atoms with E-state index >= 15 is 0 Å². The summed E-state index contributed by atoms with van der Waals surface area (Å²) < 4.78 is 1.61. The number of carboxylic acids is 1. The zero-order chi connectivity index (χ0) is 13.8. The number of hydrogen-bond acceptors (Lipinski definition) is 4. The lowest BCUT2D eigenvalue weighted by Gasteiger charge is -1.98. The van der Waals surface area contributed by atoms with Gasteiger partial charge >= 0.3 is 5.97 Å². The first-order chi connectivity index (χ1) is 9.11. The molecule has 0 amide bonds. The second-order valence-electron chi connectivity index (χ2n) is 3.85. The summed E-state index contributed by atoms with van der Waals surface area (Å²) in [6.07, 6.45) is 0.737. The Morgan fingerprint density at radius 1 is 1.16 bits per heavy atom. The van der Waals surface area contributed by atoms with Crippen LogP contribution in [-0.4, -0.2) is 21.9 Å². The van der Waals surface area contributed by atoms with Crippen LogP contribution in [0.2, 0.25) is 0 Å². The van der Waals surface area contributed by atoms with Crippen LogP contribution in [0.25, 0.3) is 0 Å². The maximum absolute atomic E-state index is 10.7. The number of carbonyl (C=O) groups excluding carboxylic acids is 1. The molecule has 2 rings (SSSR count). The van der Waals surface area contributed by atoms with E-state index in [1.165, 1.54) is 12.1 Å². The van der Waals surface area contributed by atoms with Crippen LogP contribution >= 0.6 is 0 Å². The van der Waals surface area contributed by atoms with Crippen LogP contribution in [0.1, 0.15) is 20.8 Å². The molecule has 0 aliphatic heterocycles. The van der Waals surface area contributed by atoms with Gasteiger partial charge in [0.2, 0.25) is 0 Å². The van der Waals surface area contributed by atoms with Crippen molar-refractivity contribution in [3.63, 3.8) is 0 Å². The summed E-state index contributed by atoms with van der Waals surface area (Å²) in [5.74, 6) is -0.439. The number of azo groups is 1. The lowest BCUT2D eigenvalue weighted by atomic mass is 10.2. The molecule has 6 heteroatoms. The molecule has 19 heavy (non-hydrogen) atoms. The highest BCUT2D eigenvalue weighted by Gasteiger charge is 2.03. The SMILES string of the molecule is Cn1c(C=O)ccc1N=Nc1ccc(C(=O)O)cc1. The fraction of sp³-hybridized carbons (Fsp3) is 0.0769. The van der Waals surface area contributed by atoms with E-state index in [4.69, 9.17) is 5.11 Å². The Balaban J connectivity index is 2.20. The Morgan fingerprint density at radius 2 is 1.84 bits per heavy atom. The lowest BCUT2D eigenvalue weighted by Crippen LogP contribution is -1.94. The van der Waals surface area contributed by atoms with Gasteiger partial charge < -0.3 is 9.67 Å². The fourth-order valence-corrected chi connectivity index (χ4v) is 1.51. The highest BCUT2D eigenvalue weighted by molar-refractivity contribution is 5.87. The monoisotopic (exact) mass is 257 g/mol. The molecular formula is C13H11N3O3. The smallest absolute Gasteiger partial charge is 0.335 e. The van der Waals surface area contributed by atoms with Crippen LogP contribution in [0, 0.1) is 0 Å². The third-order valence-corrected chi connectivity index (χ3v) is 2.64. The van der Waals surface area contributed by atoms with Gasteiger partial charge in [-0.1, -0.05) is 0 Å². The number of benzene rings is 1. The van der Waals surface area contributed by atoms with Crippen molar-refractivity contribution in [3.8, 4) is 0 Å². The molecule has 0 spiro atoms. The summed E-state index contributed by atoms with van der Waals surface area (Å²) >= 11 is 0. The summed E-state index contributed by atoms with van der Waals surface area (Å²) in [6, 6.07) is 9.37.